The van der Waals surface area contributed by atoms with Gasteiger partial charge in [-0.25, -0.2) is 0 Å². The lowest BCUT2D eigenvalue weighted by atomic mass is 10.1. The number of allylic oxidation sites excluding steroid dienone is 3. The van der Waals surface area contributed by atoms with Crippen molar-refractivity contribution in [1.82, 2.24) is 9.80 Å². The fourth-order valence-corrected chi connectivity index (χ4v) is 2.97. The number of ether oxygens (including phenoxy) is 1. The summed E-state index contributed by atoms with van der Waals surface area (Å²) >= 11 is 18.4. The van der Waals surface area contributed by atoms with Crippen LogP contribution >= 0.6 is 34.8 Å². The average molecular weight is 398 g/mol. The Morgan fingerprint density at radius 1 is 1.17 bits per heavy atom. The van der Waals surface area contributed by atoms with Crippen molar-refractivity contribution in [2.45, 2.75) is 18.7 Å². The van der Waals surface area contributed by atoms with Crippen molar-refractivity contribution in [2.24, 2.45) is 0 Å². The highest BCUT2D eigenvalue weighted by atomic mass is 35.5. The molecule has 0 rings (SSSR count). The van der Waals surface area contributed by atoms with Crippen molar-refractivity contribution < 1.29 is 9.53 Å². The van der Waals surface area contributed by atoms with Gasteiger partial charge in [-0.05, 0) is 40.1 Å². The highest BCUT2D eigenvalue weighted by Crippen LogP contribution is 2.22. The molecule has 138 valence electrons. The minimum atomic E-state index is -0.593. The fourth-order valence-electron chi connectivity index (χ4n) is 2.02. The average Bonchev–Trinajstić information content (AvgIpc) is 2.41. The first-order valence-electron chi connectivity index (χ1n) is 7.55. The molecular formula is C17H27Cl3N2O2. The van der Waals surface area contributed by atoms with Gasteiger partial charge in [-0.1, -0.05) is 35.4 Å². The van der Waals surface area contributed by atoms with Gasteiger partial charge in [0.25, 0.3) is 0 Å². The lowest BCUT2D eigenvalue weighted by Gasteiger charge is -2.25. The van der Waals surface area contributed by atoms with Gasteiger partial charge >= 0.3 is 5.97 Å². The largest absolute Gasteiger partial charge is 0.468 e. The molecule has 0 fully saturated rings. The summed E-state index contributed by atoms with van der Waals surface area (Å²) in [7, 11) is 5.22. The summed E-state index contributed by atoms with van der Waals surface area (Å²) in [4.78, 5) is 14.5. The Kier molecular flexibility index (Phi) is 11.7. The minimum absolute atomic E-state index is 0.245. The third-order valence-electron chi connectivity index (χ3n) is 2.98. The molecule has 0 saturated carbocycles. The molecule has 0 radical (unpaired) electrons. The SMILES string of the molecule is COC(=O)CN(C)C/C=C\CN(C)CC(C)(Cl)C=C(Cl)/C=C(\C)Cl. The molecule has 0 aromatic heterocycles. The van der Waals surface area contributed by atoms with Crippen molar-refractivity contribution in [3.63, 3.8) is 0 Å². The fraction of sp³-hybridized carbons (Fsp3) is 0.588. The molecule has 0 heterocycles. The van der Waals surface area contributed by atoms with Gasteiger partial charge < -0.3 is 9.64 Å². The number of alkyl halides is 1. The van der Waals surface area contributed by atoms with E-state index >= 15 is 0 Å². The molecule has 0 amide bonds. The van der Waals surface area contributed by atoms with Crippen LogP contribution in [-0.2, 0) is 9.53 Å². The van der Waals surface area contributed by atoms with E-state index in [2.05, 4.69) is 9.64 Å². The number of halogens is 3. The predicted molar refractivity (Wildman–Crippen MR) is 104 cm³/mol. The molecule has 1 atom stereocenters. The van der Waals surface area contributed by atoms with Crippen LogP contribution in [0.2, 0.25) is 0 Å². The molecule has 0 bridgehead atoms. The van der Waals surface area contributed by atoms with Crippen molar-refractivity contribution >= 4 is 40.8 Å². The Morgan fingerprint density at radius 2 is 1.71 bits per heavy atom. The molecule has 0 saturated heterocycles. The summed E-state index contributed by atoms with van der Waals surface area (Å²) in [6.45, 7) is 5.97. The zero-order valence-electron chi connectivity index (χ0n) is 15.0. The van der Waals surface area contributed by atoms with Crippen LogP contribution in [0.25, 0.3) is 0 Å². The Labute approximate surface area is 160 Å². The normalized spacial score (nSPS) is 16.1. The molecule has 0 aromatic rings. The van der Waals surface area contributed by atoms with E-state index in [1.54, 1.807) is 19.1 Å². The van der Waals surface area contributed by atoms with Crippen molar-refractivity contribution in [2.75, 3.05) is 47.4 Å². The van der Waals surface area contributed by atoms with Crippen molar-refractivity contribution in [1.29, 1.82) is 0 Å². The van der Waals surface area contributed by atoms with Gasteiger partial charge in [0.1, 0.15) is 0 Å². The third kappa shape index (κ3) is 12.8. The number of hydrogen-bond donors (Lipinski definition) is 0. The molecule has 24 heavy (non-hydrogen) atoms. The topological polar surface area (TPSA) is 32.8 Å². The standard InChI is InChI=1S/C17H27Cl3N2O2/c1-14(18)10-15(19)11-17(2,20)13-22(4)9-7-6-8-21(3)12-16(23)24-5/h6-7,10-11H,8-9,12-13H2,1-5H3/b7-6-,14-10+,15-11?. The number of carbonyl (C=O) groups is 1. The second-order valence-electron chi connectivity index (χ2n) is 5.98. The lowest BCUT2D eigenvalue weighted by molar-refractivity contribution is -0.141. The lowest BCUT2D eigenvalue weighted by Crippen LogP contribution is -2.33. The van der Waals surface area contributed by atoms with Crippen molar-refractivity contribution in [3.05, 3.63) is 34.4 Å². The van der Waals surface area contributed by atoms with E-state index in [4.69, 9.17) is 34.8 Å². The van der Waals surface area contributed by atoms with E-state index in [1.807, 2.05) is 38.1 Å². The molecule has 0 spiro atoms. The summed E-state index contributed by atoms with van der Waals surface area (Å²) in [6.07, 6.45) is 7.50. The van der Waals surface area contributed by atoms with E-state index in [1.165, 1.54) is 7.11 Å². The van der Waals surface area contributed by atoms with Crippen LogP contribution in [0.3, 0.4) is 0 Å². The Hall–Kier alpha value is -0.520. The van der Waals surface area contributed by atoms with E-state index < -0.39 is 4.87 Å². The quantitative estimate of drug-likeness (QED) is 0.243. The maximum absolute atomic E-state index is 11.1. The van der Waals surface area contributed by atoms with E-state index in [0.29, 0.717) is 23.2 Å². The summed E-state index contributed by atoms with van der Waals surface area (Å²) < 4.78 is 4.62. The number of nitrogens with zero attached hydrogens (tertiary/aromatic N) is 2. The molecular weight excluding hydrogens is 371 g/mol. The van der Waals surface area contributed by atoms with E-state index in [0.717, 1.165) is 6.54 Å². The van der Waals surface area contributed by atoms with Gasteiger partial charge in [-0.15, -0.1) is 11.6 Å². The Morgan fingerprint density at radius 3 is 2.21 bits per heavy atom. The van der Waals surface area contributed by atoms with Gasteiger partial charge in [0.2, 0.25) is 0 Å². The van der Waals surface area contributed by atoms with Gasteiger partial charge in [0.05, 0.1) is 18.5 Å². The maximum atomic E-state index is 11.1. The number of esters is 1. The van der Waals surface area contributed by atoms with Crippen LogP contribution in [0.5, 0.6) is 0 Å². The number of likely N-dealkylation sites (N-methyl/N-ethyl adjacent to an activating group) is 2. The number of methoxy groups -OCH3 is 1. The molecule has 0 N–H and O–H groups in total. The van der Waals surface area contributed by atoms with Crippen molar-refractivity contribution in [3.8, 4) is 0 Å². The molecule has 1 unspecified atom stereocenters. The molecule has 0 aromatic carbocycles. The van der Waals surface area contributed by atoms with Gasteiger partial charge in [-0.2, -0.15) is 0 Å². The molecule has 0 aliphatic rings. The van der Waals surface area contributed by atoms with Crippen LogP contribution in [0.4, 0.5) is 0 Å². The Balaban J connectivity index is 4.33. The smallest absolute Gasteiger partial charge is 0.319 e. The second kappa shape index (κ2) is 11.9. The van der Waals surface area contributed by atoms with Gasteiger partial charge in [0, 0.05) is 29.7 Å². The van der Waals surface area contributed by atoms with Crippen LogP contribution in [-0.4, -0.2) is 68.0 Å². The highest BCUT2D eigenvalue weighted by Gasteiger charge is 2.20. The van der Waals surface area contributed by atoms with Crippen LogP contribution < -0.4 is 0 Å². The number of rotatable bonds is 10. The summed E-state index contributed by atoms with van der Waals surface area (Å²) in [5.74, 6) is -0.245. The molecule has 0 aliphatic heterocycles. The molecule has 7 heteroatoms. The van der Waals surface area contributed by atoms with Crippen LogP contribution in [0.1, 0.15) is 13.8 Å². The van der Waals surface area contributed by atoms with Crippen LogP contribution in [0.15, 0.2) is 34.4 Å². The minimum Gasteiger partial charge on any atom is -0.468 e. The van der Waals surface area contributed by atoms with Gasteiger partial charge in [-0.3, -0.25) is 9.69 Å². The van der Waals surface area contributed by atoms with Gasteiger partial charge in [0.15, 0.2) is 0 Å². The van der Waals surface area contributed by atoms with E-state index in [9.17, 15) is 4.79 Å². The Bertz CT molecular complexity index is 484. The monoisotopic (exact) mass is 396 g/mol. The number of carbonyl (C=O) groups excluding carboxylic acids is 1. The number of hydrogen-bond acceptors (Lipinski definition) is 4. The summed E-state index contributed by atoms with van der Waals surface area (Å²) in [5, 5.41) is 1.13. The first-order valence-corrected chi connectivity index (χ1v) is 8.69. The molecule has 4 nitrogen and oxygen atoms in total. The summed E-state index contributed by atoms with van der Waals surface area (Å²) in [5.41, 5.74) is 0. The predicted octanol–water partition coefficient (Wildman–Crippen LogP) is 3.84. The first-order chi connectivity index (χ1) is 11.1. The zero-order valence-corrected chi connectivity index (χ0v) is 17.3. The first kappa shape index (κ1) is 23.5. The third-order valence-corrected chi connectivity index (χ3v) is 3.54. The molecule has 0 aliphatic carbocycles. The highest BCUT2D eigenvalue weighted by molar-refractivity contribution is 6.35. The van der Waals surface area contributed by atoms with Crippen LogP contribution in [0, 0.1) is 0 Å². The summed E-state index contributed by atoms with van der Waals surface area (Å²) in [6, 6.07) is 0. The zero-order chi connectivity index (χ0) is 18.8. The van der Waals surface area contributed by atoms with E-state index in [-0.39, 0.29) is 12.5 Å². The second-order valence-corrected chi connectivity index (χ2v) is 7.88. The maximum Gasteiger partial charge on any atom is 0.319 e.